The van der Waals surface area contributed by atoms with Crippen LogP contribution in [0.4, 0.5) is 0 Å². The Labute approximate surface area is 177 Å². The molecule has 0 spiro atoms. The molecule has 0 unspecified atom stereocenters. The molecule has 2 aromatic heterocycles. The number of hydrogen-bond donors (Lipinski definition) is 0. The van der Waals surface area contributed by atoms with Crippen molar-refractivity contribution < 1.29 is 14.1 Å². The second-order valence-corrected chi connectivity index (χ2v) is 7.52. The number of carbonyl (C=O) groups excluding carboxylic acids is 1. The molecule has 0 atom stereocenters. The van der Waals surface area contributed by atoms with E-state index in [0.717, 1.165) is 11.2 Å². The summed E-state index contributed by atoms with van der Waals surface area (Å²) in [4.78, 5) is 30.8. The van der Waals surface area contributed by atoms with E-state index in [4.69, 9.17) is 20.9 Å². The average Bonchev–Trinajstić information content (AvgIpc) is 3.21. The predicted octanol–water partition coefficient (Wildman–Crippen LogP) is 3.06. The molecule has 156 valence electrons. The lowest BCUT2D eigenvalue weighted by Gasteiger charge is -2.28. The second-order valence-electron chi connectivity index (χ2n) is 7.08. The topological polar surface area (TPSA) is 90.5 Å². The molecule has 1 aliphatic rings. The summed E-state index contributed by atoms with van der Waals surface area (Å²) in [5.74, 6) is 1.68. The highest BCUT2D eigenvalue weighted by Crippen LogP contribution is 2.24. The zero-order valence-electron chi connectivity index (χ0n) is 16.7. The van der Waals surface area contributed by atoms with Crippen LogP contribution < -0.4 is 10.3 Å². The molecule has 1 aromatic carbocycles. The smallest absolute Gasteiger partial charge is 0.280 e. The maximum absolute atomic E-state index is 12.6. The van der Waals surface area contributed by atoms with Crippen molar-refractivity contribution in [2.45, 2.75) is 26.2 Å². The minimum atomic E-state index is -0.293. The Morgan fingerprint density at radius 3 is 2.87 bits per heavy atom. The molecule has 0 aliphatic carbocycles. The fourth-order valence-electron chi connectivity index (χ4n) is 3.65. The summed E-state index contributed by atoms with van der Waals surface area (Å²) >= 11 is 6.05. The van der Waals surface area contributed by atoms with E-state index in [2.05, 4.69) is 10.1 Å². The van der Waals surface area contributed by atoms with Crippen molar-refractivity contribution >= 4 is 34.1 Å². The zero-order valence-corrected chi connectivity index (χ0v) is 17.5. The number of methoxy groups -OCH3 is 1. The first-order valence-corrected chi connectivity index (χ1v) is 9.99. The van der Waals surface area contributed by atoms with Crippen LogP contribution in [0.3, 0.4) is 0 Å². The Hall–Kier alpha value is -3.13. The van der Waals surface area contributed by atoms with Crippen LogP contribution in [0.25, 0.3) is 16.6 Å². The van der Waals surface area contributed by atoms with Gasteiger partial charge in [0.2, 0.25) is 5.91 Å². The van der Waals surface area contributed by atoms with Crippen LogP contribution in [0.1, 0.15) is 24.4 Å². The van der Waals surface area contributed by atoms with Gasteiger partial charge in [-0.05, 0) is 36.4 Å². The average molecular weight is 429 g/mol. The number of rotatable bonds is 5. The number of amides is 1. The molecule has 0 bridgehead atoms. The molecule has 1 amide bonds. The summed E-state index contributed by atoms with van der Waals surface area (Å²) in [5.41, 5.74) is 1.48. The van der Waals surface area contributed by atoms with Gasteiger partial charge in [0, 0.05) is 49.1 Å². The van der Waals surface area contributed by atoms with Gasteiger partial charge in [-0.25, -0.2) is 0 Å². The number of fused-ring (bicyclic) bond motifs is 1. The fourth-order valence-corrected chi connectivity index (χ4v) is 3.83. The molecular weight excluding hydrogens is 408 g/mol. The van der Waals surface area contributed by atoms with Crippen molar-refractivity contribution in [3.8, 4) is 5.88 Å². The van der Waals surface area contributed by atoms with E-state index in [9.17, 15) is 9.59 Å². The molecule has 0 saturated heterocycles. The highest BCUT2D eigenvalue weighted by Gasteiger charge is 2.20. The van der Waals surface area contributed by atoms with E-state index in [-0.39, 0.29) is 11.5 Å². The summed E-state index contributed by atoms with van der Waals surface area (Å²) in [6.45, 7) is 2.89. The Balaban J connectivity index is 1.50. The van der Waals surface area contributed by atoms with Gasteiger partial charge in [-0.15, -0.1) is 0 Å². The molecule has 0 saturated carbocycles. The number of nitrogens with zero attached hydrogens (tertiary/aromatic N) is 4. The Kier molecular flexibility index (Phi) is 5.59. The monoisotopic (exact) mass is 428 g/mol. The van der Waals surface area contributed by atoms with Crippen LogP contribution in [0, 0.1) is 6.92 Å². The minimum absolute atomic E-state index is 0.0482. The fraction of sp³-hybridized carbons (Fsp3) is 0.333. The highest BCUT2D eigenvalue weighted by atomic mass is 35.5. The third-order valence-electron chi connectivity index (χ3n) is 5.17. The molecule has 3 aromatic rings. The third kappa shape index (κ3) is 3.95. The first-order chi connectivity index (χ1) is 14.5. The molecule has 4 rings (SSSR count). The third-order valence-corrected chi connectivity index (χ3v) is 5.41. The highest BCUT2D eigenvalue weighted by molar-refractivity contribution is 6.31. The molecule has 0 N–H and O–H groups in total. The first kappa shape index (κ1) is 20.2. The molecule has 1 aliphatic heterocycles. The van der Waals surface area contributed by atoms with Gasteiger partial charge in [0.1, 0.15) is 11.6 Å². The van der Waals surface area contributed by atoms with Crippen molar-refractivity contribution in [2.24, 2.45) is 0 Å². The molecule has 30 heavy (non-hydrogen) atoms. The maximum atomic E-state index is 12.6. The van der Waals surface area contributed by atoms with E-state index in [1.807, 2.05) is 16.7 Å². The number of ether oxygens (including phenoxy) is 1. The van der Waals surface area contributed by atoms with Crippen molar-refractivity contribution in [1.29, 1.82) is 0 Å². The van der Waals surface area contributed by atoms with Gasteiger partial charge in [0.05, 0.1) is 18.0 Å². The summed E-state index contributed by atoms with van der Waals surface area (Å²) in [6, 6.07) is 6.92. The van der Waals surface area contributed by atoms with E-state index in [1.165, 1.54) is 7.11 Å². The second kappa shape index (κ2) is 8.31. The number of halogens is 1. The number of hydrogen-bond acceptors (Lipinski definition) is 6. The van der Waals surface area contributed by atoms with E-state index < -0.39 is 0 Å². The minimum Gasteiger partial charge on any atom is -0.479 e. The largest absolute Gasteiger partial charge is 0.479 e. The van der Waals surface area contributed by atoms with Gasteiger partial charge in [-0.3, -0.25) is 9.59 Å². The molecular formula is C21H21ClN4O4. The van der Waals surface area contributed by atoms with Crippen LogP contribution in [-0.4, -0.2) is 45.7 Å². The molecule has 9 heteroatoms. The van der Waals surface area contributed by atoms with Gasteiger partial charge in [0.25, 0.3) is 11.4 Å². The van der Waals surface area contributed by atoms with E-state index >= 15 is 0 Å². The van der Waals surface area contributed by atoms with Gasteiger partial charge < -0.3 is 18.7 Å². The number of aryl methyl sites for hydroxylation is 2. The Morgan fingerprint density at radius 2 is 2.17 bits per heavy atom. The summed E-state index contributed by atoms with van der Waals surface area (Å²) < 4.78 is 12.1. The van der Waals surface area contributed by atoms with Gasteiger partial charge in [0.15, 0.2) is 0 Å². The Morgan fingerprint density at radius 1 is 1.33 bits per heavy atom. The quantitative estimate of drug-likeness (QED) is 0.620. The van der Waals surface area contributed by atoms with Crippen molar-refractivity contribution in [3.63, 3.8) is 0 Å². The number of aromatic nitrogens is 3. The summed E-state index contributed by atoms with van der Waals surface area (Å²) in [5, 5.41) is 4.72. The standard InChI is InChI=1S/C21H21ClN4O4/c1-13-23-21(28)17-11-14(22)3-5-18(17)26(13)15-7-9-25(10-8-15)20(27)6-4-16-12-19(29-2)24-30-16/h3,5,7,11-12H,4,6,8-10H2,1-2H3. The molecule has 0 fully saturated rings. The van der Waals surface area contributed by atoms with Crippen LogP contribution in [-0.2, 0) is 11.2 Å². The van der Waals surface area contributed by atoms with E-state index in [0.29, 0.717) is 60.2 Å². The lowest BCUT2D eigenvalue weighted by Crippen LogP contribution is -2.35. The normalized spacial score (nSPS) is 14.1. The van der Waals surface area contributed by atoms with Crippen molar-refractivity contribution in [1.82, 2.24) is 19.6 Å². The first-order valence-electron chi connectivity index (χ1n) is 9.62. The number of carbonyl (C=O) groups is 1. The van der Waals surface area contributed by atoms with Gasteiger partial charge in [-0.1, -0.05) is 11.6 Å². The van der Waals surface area contributed by atoms with Crippen LogP contribution in [0.15, 0.2) is 39.7 Å². The van der Waals surface area contributed by atoms with Crippen LogP contribution in [0.5, 0.6) is 5.88 Å². The van der Waals surface area contributed by atoms with Crippen LogP contribution >= 0.6 is 11.6 Å². The van der Waals surface area contributed by atoms with Gasteiger partial charge in [-0.2, -0.15) is 4.98 Å². The summed E-state index contributed by atoms with van der Waals surface area (Å²) in [6.07, 6.45) is 3.47. The molecule has 8 nitrogen and oxygen atoms in total. The van der Waals surface area contributed by atoms with Crippen molar-refractivity contribution in [3.05, 3.63) is 57.3 Å². The van der Waals surface area contributed by atoms with Gasteiger partial charge >= 0.3 is 0 Å². The van der Waals surface area contributed by atoms with Crippen molar-refractivity contribution in [2.75, 3.05) is 20.2 Å². The SMILES string of the molecule is COc1cc(CCC(=O)N2CC=C(n3c(C)nc(=O)c4cc(Cl)ccc43)CC2)on1. The lowest BCUT2D eigenvalue weighted by atomic mass is 10.1. The molecule has 3 heterocycles. The zero-order chi connectivity index (χ0) is 21.3. The number of benzene rings is 1. The predicted molar refractivity (Wildman–Crippen MR) is 113 cm³/mol. The van der Waals surface area contributed by atoms with Crippen LogP contribution in [0.2, 0.25) is 5.02 Å². The Bertz CT molecular complexity index is 1200. The lowest BCUT2D eigenvalue weighted by molar-refractivity contribution is -0.130. The molecule has 0 radical (unpaired) electrons. The summed E-state index contributed by atoms with van der Waals surface area (Å²) in [7, 11) is 1.52. The van der Waals surface area contributed by atoms with E-state index in [1.54, 1.807) is 30.0 Å². The maximum Gasteiger partial charge on any atom is 0.280 e.